The number of hydrogen-bond donors (Lipinski definition) is 6. The molecule has 7 N–H and O–H groups in total. The van der Waals surface area contributed by atoms with Crippen LogP contribution in [0.3, 0.4) is 0 Å². The number of primary amides is 1. The molecule has 0 unspecified atom stereocenters. The molecule has 43 heavy (non-hydrogen) atoms. The third-order valence-corrected chi connectivity index (χ3v) is 8.94. The maximum atomic E-state index is 14.0. The Morgan fingerprint density at radius 1 is 1.14 bits per heavy atom. The Morgan fingerprint density at radius 3 is 2.58 bits per heavy atom. The number of amides is 4. The molecule has 5 rings (SSSR count). The van der Waals surface area contributed by atoms with E-state index < -0.39 is 37.7 Å². The molecule has 3 atom stereocenters. The smallest absolute Gasteiger partial charge is 0.329 e. The summed E-state index contributed by atoms with van der Waals surface area (Å²) in [4.78, 5) is 75.5. The Kier molecular flexibility index (Phi) is 8.47. The summed E-state index contributed by atoms with van der Waals surface area (Å²) in [6.45, 7) is 3.89. The minimum absolute atomic E-state index is 0.0405. The van der Waals surface area contributed by atoms with Crippen LogP contribution >= 0.6 is 7.60 Å². The Morgan fingerprint density at radius 2 is 1.88 bits per heavy atom. The van der Waals surface area contributed by atoms with Gasteiger partial charge in [0, 0.05) is 29.8 Å². The lowest BCUT2D eigenvalue weighted by molar-refractivity contribution is -0.127. The number of aromatic amines is 1. The topological polar surface area (TPSA) is 195 Å². The average Bonchev–Trinajstić information content (AvgIpc) is 3.50. The van der Waals surface area contributed by atoms with Gasteiger partial charge in [0.25, 0.3) is 5.91 Å². The Bertz CT molecular complexity index is 1640. The SMILES string of the molecule is CC(C)[C@H](CCC(N)=O)NC(=O)[C@@H]1Cc2cccc3c2N1C(=O)[C@@H](NC(=O)c1cc2cc(CP(=O)(O)O)ccc2[nH]1)CC3. The van der Waals surface area contributed by atoms with E-state index in [1.807, 2.05) is 32.0 Å². The van der Waals surface area contributed by atoms with Gasteiger partial charge in [-0.3, -0.25) is 28.6 Å². The first kappa shape index (κ1) is 30.5. The molecule has 0 radical (unpaired) electrons. The van der Waals surface area contributed by atoms with Gasteiger partial charge in [0.2, 0.25) is 17.7 Å². The van der Waals surface area contributed by atoms with Crippen LogP contribution in [0.15, 0.2) is 42.5 Å². The van der Waals surface area contributed by atoms with Gasteiger partial charge < -0.3 is 31.1 Å². The van der Waals surface area contributed by atoms with Crippen molar-refractivity contribution in [1.82, 2.24) is 15.6 Å². The summed E-state index contributed by atoms with van der Waals surface area (Å²) in [6.07, 6.45) is 1.31. The van der Waals surface area contributed by atoms with Crippen molar-refractivity contribution in [1.29, 1.82) is 0 Å². The number of hydrogen-bond acceptors (Lipinski definition) is 5. The molecular formula is C30H36N5O7P. The molecule has 3 aromatic rings. The predicted molar refractivity (Wildman–Crippen MR) is 160 cm³/mol. The van der Waals surface area contributed by atoms with E-state index in [0.717, 1.165) is 11.1 Å². The molecule has 228 valence electrons. The molecule has 3 heterocycles. The third-order valence-electron chi connectivity index (χ3n) is 8.17. The molecule has 0 bridgehead atoms. The first-order valence-corrected chi connectivity index (χ1v) is 16.1. The maximum absolute atomic E-state index is 14.0. The second kappa shape index (κ2) is 11.9. The van der Waals surface area contributed by atoms with Crippen molar-refractivity contribution in [2.24, 2.45) is 11.7 Å². The van der Waals surface area contributed by atoms with Crippen molar-refractivity contribution >= 4 is 47.8 Å². The van der Waals surface area contributed by atoms with E-state index in [2.05, 4.69) is 15.6 Å². The van der Waals surface area contributed by atoms with Gasteiger partial charge >= 0.3 is 7.60 Å². The van der Waals surface area contributed by atoms with Crippen LogP contribution in [0.2, 0.25) is 0 Å². The highest BCUT2D eigenvalue weighted by atomic mass is 31.2. The van der Waals surface area contributed by atoms with Crippen molar-refractivity contribution in [2.45, 2.75) is 70.2 Å². The normalized spacial score (nSPS) is 18.8. The monoisotopic (exact) mass is 609 g/mol. The van der Waals surface area contributed by atoms with E-state index in [0.29, 0.717) is 47.8 Å². The van der Waals surface area contributed by atoms with Crippen LogP contribution in [0.5, 0.6) is 0 Å². The van der Waals surface area contributed by atoms with Gasteiger partial charge in [-0.15, -0.1) is 0 Å². The number of fused-ring (bicyclic) bond motifs is 1. The molecular weight excluding hydrogens is 573 g/mol. The summed E-state index contributed by atoms with van der Waals surface area (Å²) in [5, 5.41) is 6.48. The number of aromatic nitrogens is 1. The zero-order valence-corrected chi connectivity index (χ0v) is 24.9. The van der Waals surface area contributed by atoms with Crippen molar-refractivity contribution in [3.63, 3.8) is 0 Å². The van der Waals surface area contributed by atoms with Crippen LogP contribution in [0.1, 0.15) is 60.3 Å². The van der Waals surface area contributed by atoms with Gasteiger partial charge in [-0.25, -0.2) is 0 Å². The lowest BCUT2D eigenvalue weighted by atomic mass is 9.98. The molecule has 13 heteroatoms. The summed E-state index contributed by atoms with van der Waals surface area (Å²) in [5.41, 5.74) is 9.10. The summed E-state index contributed by atoms with van der Waals surface area (Å²) in [6, 6.07) is 10.2. The van der Waals surface area contributed by atoms with E-state index in [-0.39, 0.29) is 35.9 Å². The average molecular weight is 610 g/mol. The molecule has 0 saturated carbocycles. The van der Waals surface area contributed by atoms with E-state index in [9.17, 15) is 33.5 Å². The summed E-state index contributed by atoms with van der Waals surface area (Å²) in [7, 11) is -4.25. The standard InChI is InChI=1S/C30H36N5O7P/c1-16(2)21(10-11-26(31)36)33-29(38)25-14-19-5-3-4-18-7-9-23(30(39)35(25)27(18)19)34-28(37)24-13-20-12-17(15-43(40,41)42)6-8-22(20)32-24/h3-6,8,12-13,16,21,23,25,32H,7,9-11,14-15H2,1-2H3,(H2,31,36)(H,33,38)(H,34,37)(H2,40,41,42)/t21-,23-,25-/m0/s1. The number of nitrogens with one attached hydrogen (secondary N) is 3. The molecule has 4 amide bonds. The van der Waals surface area contributed by atoms with E-state index in [1.54, 1.807) is 24.3 Å². The fourth-order valence-electron chi connectivity index (χ4n) is 6.00. The summed E-state index contributed by atoms with van der Waals surface area (Å²) in [5.74, 6) is -1.62. The third kappa shape index (κ3) is 6.66. The number of H-pyrrole nitrogens is 1. The van der Waals surface area contributed by atoms with Gasteiger partial charge in [-0.05, 0) is 60.1 Å². The van der Waals surface area contributed by atoms with E-state index in [4.69, 9.17) is 5.73 Å². The molecule has 0 fully saturated rings. The maximum Gasteiger partial charge on any atom is 0.329 e. The molecule has 0 aliphatic carbocycles. The number of nitrogens with two attached hydrogens (primary N) is 1. The number of rotatable bonds is 10. The first-order valence-electron chi connectivity index (χ1n) is 14.3. The molecule has 2 aliphatic heterocycles. The second-order valence-corrected chi connectivity index (χ2v) is 13.4. The zero-order valence-electron chi connectivity index (χ0n) is 24.0. The molecule has 2 aliphatic rings. The zero-order chi connectivity index (χ0) is 31.1. The Balaban J connectivity index is 1.37. The number of anilines is 1. The van der Waals surface area contributed by atoms with Crippen LogP contribution in [-0.2, 0) is 38.0 Å². The number of benzene rings is 2. The summed E-state index contributed by atoms with van der Waals surface area (Å²) < 4.78 is 11.4. The summed E-state index contributed by atoms with van der Waals surface area (Å²) >= 11 is 0. The highest BCUT2D eigenvalue weighted by Crippen LogP contribution is 2.40. The van der Waals surface area contributed by atoms with Crippen LogP contribution in [0.25, 0.3) is 10.9 Å². The Labute approximate surface area is 248 Å². The fourth-order valence-corrected chi connectivity index (χ4v) is 6.67. The lowest BCUT2D eigenvalue weighted by Crippen LogP contribution is -2.56. The fraction of sp³-hybridized carbons (Fsp3) is 0.400. The van der Waals surface area contributed by atoms with Crippen LogP contribution < -0.4 is 21.3 Å². The lowest BCUT2D eigenvalue weighted by Gasteiger charge is -2.30. The largest absolute Gasteiger partial charge is 0.370 e. The Hall–Kier alpha value is -3.99. The molecule has 12 nitrogen and oxygen atoms in total. The van der Waals surface area contributed by atoms with Crippen LogP contribution in [0, 0.1) is 5.92 Å². The number of aryl methyl sites for hydroxylation is 1. The van der Waals surface area contributed by atoms with Gasteiger partial charge in [0.05, 0.1) is 11.8 Å². The minimum Gasteiger partial charge on any atom is -0.370 e. The first-order chi connectivity index (χ1) is 20.3. The minimum atomic E-state index is -4.25. The number of nitrogens with zero attached hydrogens (tertiary/aromatic N) is 1. The molecule has 0 spiro atoms. The van der Waals surface area contributed by atoms with Crippen molar-refractivity contribution < 1.29 is 33.5 Å². The molecule has 0 saturated heterocycles. The highest BCUT2D eigenvalue weighted by Gasteiger charge is 2.44. The number of para-hydroxylation sites is 1. The van der Waals surface area contributed by atoms with Crippen molar-refractivity contribution in [3.8, 4) is 0 Å². The number of carbonyl (C=O) groups excluding carboxylic acids is 4. The van der Waals surface area contributed by atoms with E-state index in [1.165, 1.54) is 4.90 Å². The van der Waals surface area contributed by atoms with Crippen LogP contribution in [-0.4, -0.2) is 56.5 Å². The van der Waals surface area contributed by atoms with Crippen LogP contribution in [0.4, 0.5) is 5.69 Å². The van der Waals surface area contributed by atoms with Gasteiger partial charge in [0.1, 0.15) is 17.8 Å². The van der Waals surface area contributed by atoms with Gasteiger partial charge in [-0.1, -0.05) is 38.1 Å². The molecule has 1 aromatic heterocycles. The quantitative estimate of drug-likeness (QED) is 0.190. The predicted octanol–water partition coefficient (Wildman–Crippen LogP) is 2.25. The van der Waals surface area contributed by atoms with Gasteiger partial charge in [-0.2, -0.15) is 0 Å². The van der Waals surface area contributed by atoms with Crippen molar-refractivity contribution in [3.05, 3.63) is 64.8 Å². The number of carbonyl (C=O) groups is 4. The van der Waals surface area contributed by atoms with Gasteiger partial charge in [0.15, 0.2) is 0 Å². The highest BCUT2D eigenvalue weighted by molar-refractivity contribution is 7.50. The van der Waals surface area contributed by atoms with E-state index >= 15 is 0 Å². The second-order valence-electron chi connectivity index (χ2n) is 11.7. The molecule has 2 aromatic carbocycles. The van der Waals surface area contributed by atoms with Crippen molar-refractivity contribution in [2.75, 3.05) is 4.90 Å².